The molecule has 2 heterocycles. The van der Waals surface area contributed by atoms with E-state index >= 15 is 0 Å². The van der Waals surface area contributed by atoms with Crippen LogP contribution < -0.4 is 5.32 Å². The molecular weight excluding hydrogens is 322 g/mol. The summed E-state index contributed by atoms with van der Waals surface area (Å²) in [6.07, 6.45) is 7.31. The molecule has 3 nitrogen and oxygen atoms in total. The Morgan fingerprint density at radius 1 is 1.42 bits per heavy atom. The number of aryl methyl sites for hydroxylation is 1. The van der Waals surface area contributed by atoms with E-state index in [1.807, 2.05) is 6.20 Å². The third-order valence-corrected chi connectivity index (χ3v) is 4.77. The first-order valence-electron chi connectivity index (χ1n) is 6.59. The van der Waals surface area contributed by atoms with E-state index in [0.29, 0.717) is 0 Å². The molecule has 1 saturated carbocycles. The Bertz CT molecular complexity index is 578. The van der Waals surface area contributed by atoms with Crippen molar-refractivity contribution in [3.63, 3.8) is 0 Å². The van der Waals surface area contributed by atoms with Gasteiger partial charge in [-0.2, -0.15) is 0 Å². The molecule has 1 fully saturated rings. The Labute approximate surface area is 125 Å². The van der Waals surface area contributed by atoms with Crippen LogP contribution in [0.5, 0.6) is 0 Å². The third kappa shape index (κ3) is 3.22. The summed E-state index contributed by atoms with van der Waals surface area (Å²) in [7, 11) is 0. The van der Waals surface area contributed by atoms with Crippen molar-refractivity contribution in [1.82, 2.24) is 15.3 Å². The van der Waals surface area contributed by atoms with Gasteiger partial charge in [-0.1, -0.05) is 6.92 Å². The van der Waals surface area contributed by atoms with E-state index in [1.165, 1.54) is 23.4 Å². The molecule has 5 heteroatoms. The fraction of sp³-hybridized carbons (Fsp3) is 0.429. The Hall–Kier alpha value is -0.780. The Balaban J connectivity index is 1.85. The van der Waals surface area contributed by atoms with Gasteiger partial charge in [0, 0.05) is 39.9 Å². The van der Waals surface area contributed by atoms with Gasteiger partial charge in [0.05, 0.1) is 5.69 Å². The maximum Gasteiger partial charge on any atom is 0.125 e. The van der Waals surface area contributed by atoms with Crippen molar-refractivity contribution in [3.05, 3.63) is 33.5 Å². The smallest absolute Gasteiger partial charge is 0.125 e. The topological polar surface area (TPSA) is 37.8 Å². The van der Waals surface area contributed by atoms with Crippen LogP contribution in [0.25, 0.3) is 10.6 Å². The summed E-state index contributed by atoms with van der Waals surface area (Å²) in [6, 6.07) is 2.81. The third-order valence-electron chi connectivity index (χ3n) is 3.19. The molecule has 1 N–H and O–H groups in total. The van der Waals surface area contributed by atoms with Crippen LogP contribution in [0.3, 0.4) is 0 Å². The molecule has 100 valence electrons. The molecular formula is C14H16BrN3S. The van der Waals surface area contributed by atoms with Crippen molar-refractivity contribution in [2.45, 2.75) is 38.8 Å². The Kier molecular flexibility index (Phi) is 3.96. The maximum atomic E-state index is 4.76. The first kappa shape index (κ1) is 13.2. The molecule has 3 rings (SSSR count). The van der Waals surface area contributed by atoms with Gasteiger partial charge >= 0.3 is 0 Å². The van der Waals surface area contributed by atoms with E-state index in [1.54, 1.807) is 17.5 Å². The summed E-state index contributed by atoms with van der Waals surface area (Å²) < 4.78 is 0.996. The van der Waals surface area contributed by atoms with Crippen LogP contribution in [-0.4, -0.2) is 16.0 Å². The molecule has 0 aliphatic heterocycles. The molecule has 0 radical (unpaired) electrons. The minimum absolute atomic E-state index is 0.739. The first-order chi connectivity index (χ1) is 9.26. The van der Waals surface area contributed by atoms with Crippen molar-refractivity contribution in [1.29, 1.82) is 0 Å². The molecule has 2 aromatic rings. The summed E-state index contributed by atoms with van der Waals surface area (Å²) in [5, 5.41) is 4.64. The predicted octanol–water partition coefficient (Wildman–Crippen LogP) is 3.78. The van der Waals surface area contributed by atoms with Crippen LogP contribution in [0.1, 0.15) is 30.3 Å². The monoisotopic (exact) mass is 337 g/mol. The number of halogens is 1. The second-order valence-electron chi connectivity index (χ2n) is 4.79. The number of nitrogens with zero attached hydrogens (tertiary/aromatic N) is 2. The number of hydrogen-bond acceptors (Lipinski definition) is 4. The second kappa shape index (κ2) is 5.69. The van der Waals surface area contributed by atoms with E-state index in [0.717, 1.165) is 34.1 Å². The number of nitrogens with one attached hydrogen (secondary N) is 1. The highest BCUT2D eigenvalue weighted by Crippen LogP contribution is 2.30. The van der Waals surface area contributed by atoms with Gasteiger partial charge in [0.1, 0.15) is 5.01 Å². The lowest BCUT2D eigenvalue weighted by Gasteiger charge is -2.00. The van der Waals surface area contributed by atoms with E-state index in [2.05, 4.69) is 39.2 Å². The number of thiazole rings is 1. The fourth-order valence-electron chi connectivity index (χ4n) is 1.97. The zero-order valence-electron chi connectivity index (χ0n) is 10.8. The molecule has 1 aliphatic carbocycles. The number of rotatable bonds is 5. The van der Waals surface area contributed by atoms with Gasteiger partial charge in [0.25, 0.3) is 0 Å². The van der Waals surface area contributed by atoms with Gasteiger partial charge in [0.2, 0.25) is 0 Å². The van der Waals surface area contributed by atoms with Crippen molar-refractivity contribution in [2.75, 3.05) is 0 Å². The van der Waals surface area contributed by atoms with Crippen LogP contribution in [0, 0.1) is 0 Å². The lowest BCUT2D eigenvalue weighted by Crippen LogP contribution is -2.15. The highest BCUT2D eigenvalue weighted by molar-refractivity contribution is 9.10. The summed E-state index contributed by atoms with van der Waals surface area (Å²) in [5.41, 5.74) is 2.31. The van der Waals surface area contributed by atoms with Crippen molar-refractivity contribution < 1.29 is 0 Å². The molecule has 19 heavy (non-hydrogen) atoms. The fourth-order valence-corrected chi connectivity index (χ4v) is 3.42. The molecule has 0 spiro atoms. The first-order valence-corrected chi connectivity index (χ1v) is 8.20. The summed E-state index contributed by atoms with van der Waals surface area (Å²) >= 11 is 5.24. The van der Waals surface area contributed by atoms with E-state index in [9.17, 15) is 0 Å². The van der Waals surface area contributed by atoms with Gasteiger partial charge in [-0.3, -0.25) is 4.98 Å². The van der Waals surface area contributed by atoms with Gasteiger partial charge in [0.15, 0.2) is 0 Å². The normalized spacial score (nSPS) is 14.8. The predicted molar refractivity (Wildman–Crippen MR) is 82.3 cm³/mol. The minimum atomic E-state index is 0.739. The zero-order valence-corrected chi connectivity index (χ0v) is 13.2. The Morgan fingerprint density at radius 2 is 2.26 bits per heavy atom. The molecule has 0 atom stereocenters. The van der Waals surface area contributed by atoms with Gasteiger partial charge in [-0.25, -0.2) is 4.98 Å². The van der Waals surface area contributed by atoms with Crippen LogP contribution in [0.15, 0.2) is 22.9 Å². The van der Waals surface area contributed by atoms with E-state index < -0.39 is 0 Å². The summed E-state index contributed by atoms with van der Waals surface area (Å²) in [4.78, 5) is 10.3. The molecule has 0 bridgehead atoms. The minimum Gasteiger partial charge on any atom is -0.309 e. The van der Waals surface area contributed by atoms with Crippen LogP contribution in [0.2, 0.25) is 0 Å². The average molecular weight is 338 g/mol. The van der Waals surface area contributed by atoms with Crippen LogP contribution >= 0.6 is 27.3 Å². The maximum absolute atomic E-state index is 4.76. The summed E-state index contributed by atoms with van der Waals surface area (Å²) in [5.74, 6) is 0. The zero-order chi connectivity index (χ0) is 13.2. The van der Waals surface area contributed by atoms with Crippen molar-refractivity contribution in [3.8, 4) is 10.6 Å². The lowest BCUT2D eigenvalue weighted by atomic mass is 10.2. The average Bonchev–Trinajstić information content (AvgIpc) is 3.15. The standard InChI is InChI=1S/C14H16BrN3S/c1-2-12-13(8-17-11-3-4-11)19-14(18-12)9-5-10(15)7-16-6-9/h5-7,11,17H,2-4,8H2,1H3. The summed E-state index contributed by atoms with van der Waals surface area (Å²) in [6.45, 7) is 3.12. The molecule has 2 aromatic heterocycles. The SMILES string of the molecule is CCc1nc(-c2cncc(Br)c2)sc1CNC1CC1. The van der Waals surface area contributed by atoms with Gasteiger partial charge in [-0.05, 0) is 41.3 Å². The van der Waals surface area contributed by atoms with Crippen LogP contribution in [0.4, 0.5) is 0 Å². The van der Waals surface area contributed by atoms with Gasteiger partial charge < -0.3 is 5.32 Å². The molecule has 0 saturated heterocycles. The van der Waals surface area contributed by atoms with E-state index in [-0.39, 0.29) is 0 Å². The number of pyridine rings is 1. The van der Waals surface area contributed by atoms with Crippen molar-refractivity contribution >= 4 is 27.3 Å². The van der Waals surface area contributed by atoms with Crippen LogP contribution in [-0.2, 0) is 13.0 Å². The number of hydrogen-bond donors (Lipinski definition) is 1. The molecule has 0 aromatic carbocycles. The van der Waals surface area contributed by atoms with Crippen molar-refractivity contribution in [2.24, 2.45) is 0 Å². The molecule has 0 amide bonds. The second-order valence-corrected chi connectivity index (χ2v) is 6.79. The molecule has 0 unspecified atom stereocenters. The highest BCUT2D eigenvalue weighted by atomic mass is 79.9. The lowest BCUT2D eigenvalue weighted by molar-refractivity contribution is 0.689. The Morgan fingerprint density at radius 3 is 2.95 bits per heavy atom. The molecule has 1 aliphatic rings. The highest BCUT2D eigenvalue weighted by Gasteiger charge is 2.21. The quantitative estimate of drug-likeness (QED) is 0.902. The van der Waals surface area contributed by atoms with E-state index in [4.69, 9.17) is 4.98 Å². The largest absolute Gasteiger partial charge is 0.309 e. The number of aromatic nitrogens is 2. The van der Waals surface area contributed by atoms with Gasteiger partial charge in [-0.15, -0.1) is 11.3 Å².